The summed E-state index contributed by atoms with van der Waals surface area (Å²) in [7, 11) is -1.75. The molecule has 0 aromatic heterocycles. The molecule has 1 amide bonds. The van der Waals surface area contributed by atoms with Gasteiger partial charge in [0.05, 0.1) is 18.0 Å². The predicted octanol–water partition coefficient (Wildman–Crippen LogP) is 2.61. The summed E-state index contributed by atoms with van der Waals surface area (Å²) < 4.78 is 13.9. The first-order valence-corrected chi connectivity index (χ1v) is 10.3. The van der Waals surface area contributed by atoms with E-state index in [9.17, 15) is 29.1 Å². The van der Waals surface area contributed by atoms with Crippen molar-refractivity contribution in [3.05, 3.63) is 59.9 Å². The number of benzene rings is 2. The summed E-state index contributed by atoms with van der Waals surface area (Å²) in [6.07, 6.45) is -1.03. The monoisotopic (exact) mass is 429 g/mol. The normalized spacial score (nSPS) is 14.1. The van der Waals surface area contributed by atoms with Gasteiger partial charge in [0, 0.05) is 17.5 Å². The van der Waals surface area contributed by atoms with Crippen molar-refractivity contribution in [3.8, 4) is 11.1 Å². The van der Waals surface area contributed by atoms with Gasteiger partial charge in [-0.1, -0.05) is 56.3 Å². The number of Topliss-reactive ketones (excluding diaryl/α,β-unsaturated/α-hetero) is 1. The van der Waals surface area contributed by atoms with Crippen LogP contribution in [0, 0.1) is 17.7 Å². The van der Waals surface area contributed by atoms with E-state index in [1.165, 1.54) is 13.0 Å². The molecular weight excluding hydrogens is 400 g/mol. The molecule has 31 heavy (non-hydrogen) atoms. The van der Waals surface area contributed by atoms with Crippen molar-refractivity contribution in [3.63, 3.8) is 0 Å². The second kappa shape index (κ2) is 11.2. The Morgan fingerprint density at radius 2 is 1.65 bits per heavy atom. The van der Waals surface area contributed by atoms with Gasteiger partial charge in [0.25, 0.3) is 0 Å². The number of rotatable bonds is 10. The zero-order chi connectivity index (χ0) is 23.1. The number of amides is 1. The first-order valence-electron chi connectivity index (χ1n) is 10.3. The van der Waals surface area contributed by atoms with Gasteiger partial charge in [-0.05, 0) is 30.9 Å². The number of carbonyl (C=O) groups is 2. The molecule has 4 N–H and O–H groups in total. The average Bonchev–Trinajstić information content (AvgIpc) is 2.71. The maximum absolute atomic E-state index is 13.9. The van der Waals surface area contributed by atoms with Gasteiger partial charge in [-0.3, -0.25) is 9.59 Å². The molecule has 0 aliphatic carbocycles. The Kier molecular flexibility index (Phi) is 8.92. The lowest BCUT2D eigenvalue weighted by atomic mass is 9.74. The van der Waals surface area contributed by atoms with Crippen LogP contribution in [0.2, 0.25) is 0 Å². The van der Waals surface area contributed by atoms with Crippen LogP contribution in [0.4, 0.5) is 4.39 Å². The third-order valence-corrected chi connectivity index (χ3v) is 5.13. The molecule has 166 valence electrons. The van der Waals surface area contributed by atoms with Gasteiger partial charge in [-0.25, -0.2) is 4.39 Å². The SMILES string of the molecule is CC(C)C[C@H](NC(=O)[C@@H](CC(=O)c1ccc(-c2ccccc2F)cc1)[C@@H](C)O)B(O)O. The number of aliphatic hydroxyl groups excluding tert-OH is 1. The highest BCUT2D eigenvalue weighted by atomic mass is 19.1. The molecule has 8 heteroatoms. The number of hydrogen-bond donors (Lipinski definition) is 4. The molecule has 6 nitrogen and oxygen atoms in total. The van der Waals surface area contributed by atoms with Crippen molar-refractivity contribution in [2.45, 2.75) is 45.7 Å². The smallest absolute Gasteiger partial charge is 0.426 e. The van der Waals surface area contributed by atoms with E-state index in [1.807, 2.05) is 13.8 Å². The Hall–Kier alpha value is -2.55. The number of aliphatic hydroxyl groups is 1. The lowest BCUT2D eigenvalue weighted by Crippen LogP contribution is -2.50. The molecule has 2 aromatic rings. The number of hydrogen-bond acceptors (Lipinski definition) is 5. The van der Waals surface area contributed by atoms with Crippen molar-refractivity contribution in [2.75, 3.05) is 0 Å². The van der Waals surface area contributed by atoms with Gasteiger partial charge in [0.1, 0.15) is 5.82 Å². The van der Waals surface area contributed by atoms with Crippen molar-refractivity contribution in [2.24, 2.45) is 11.8 Å². The lowest BCUT2D eigenvalue weighted by molar-refractivity contribution is -0.128. The minimum Gasteiger partial charge on any atom is -0.426 e. The topological polar surface area (TPSA) is 107 Å². The van der Waals surface area contributed by atoms with E-state index >= 15 is 0 Å². The Bertz CT molecular complexity index is 886. The molecule has 0 unspecified atom stereocenters. The summed E-state index contributed by atoms with van der Waals surface area (Å²) in [5.41, 5.74) is 1.37. The first kappa shape index (κ1) is 24.7. The van der Waals surface area contributed by atoms with Crippen LogP contribution in [0.1, 0.15) is 44.0 Å². The minimum atomic E-state index is -1.75. The third kappa shape index (κ3) is 6.99. The van der Waals surface area contributed by atoms with Gasteiger partial charge in [-0.15, -0.1) is 0 Å². The molecule has 0 aliphatic heterocycles. The van der Waals surface area contributed by atoms with E-state index < -0.39 is 31.0 Å². The molecule has 2 aromatic carbocycles. The van der Waals surface area contributed by atoms with Crippen LogP contribution in [0.3, 0.4) is 0 Å². The largest absolute Gasteiger partial charge is 0.475 e. The summed E-state index contributed by atoms with van der Waals surface area (Å²) in [4.78, 5) is 25.3. The number of halogens is 1. The summed E-state index contributed by atoms with van der Waals surface area (Å²) in [5, 5.41) is 31.6. The summed E-state index contributed by atoms with van der Waals surface area (Å²) in [6, 6.07) is 12.7. The van der Waals surface area contributed by atoms with Crippen LogP contribution >= 0.6 is 0 Å². The molecule has 3 atom stereocenters. The standard InChI is InChI=1S/C23H29BFNO5/c1-14(2)12-22(24(30)31)26-23(29)19(15(3)27)13-21(28)17-10-8-16(9-11-17)18-6-4-5-7-20(18)25/h4-11,14-15,19,22,27,30-31H,12-13H2,1-3H3,(H,26,29)/t15-,19+,22+/m1/s1. The fraction of sp³-hybridized carbons (Fsp3) is 0.391. The Morgan fingerprint density at radius 3 is 2.16 bits per heavy atom. The molecule has 0 saturated carbocycles. The number of carbonyl (C=O) groups excluding carboxylic acids is 2. The summed E-state index contributed by atoms with van der Waals surface area (Å²) >= 11 is 0. The fourth-order valence-electron chi connectivity index (χ4n) is 3.38. The highest BCUT2D eigenvalue weighted by molar-refractivity contribution is 6.43. The second-order valence-electron chi connectivity index (χ2n) is 8.19. The van der Waals surface area contributed by atoms with E-state index in [4.69, 9.17) is 0 Å². The summed E-state index contributed by atoms with van der Waals surface area (Å²) in [6.45, 7) is 5.16. The molecule has 0 heterocycles. The van der Waals surface area contributed by atoms with Crippen molar-refractivity contribution < 1.29 is 29.1 Å². The molecule has 0 saturated heterocycles. The highest BCUT2D eigenvalue weighted by Crippen LogP contribution is 2.24. The zero-order valence-electron chi connectivity index (χ0n) is 18.0. The van der Waals surface area contributed by atoms with Crippen molar-refractivity contribution in [1.29, 1.82) is 0 Å². The van der Waals surface area contributed by atoms with E-state index in [2.05, 4.69) is 5.32 Å². The Labute approximate surface area is 182 Å². The van der Waals surface area contributed by atoms with Gasteiger partial charge < -0.3 is 20.5 Å². The quantitative estimate of drug-likeness (QED) is 0.343. The van der Waals surface area contributed by atoms with Crippen LogP contribution < -0.4 is 5.32 Å². The lowest BCUT2D eigenvalue weighted by Gasteiger charge is -2.24. The maximum Gasteiger partial charge on any atom is 0.475 e. The molecule has 0 radical (unpaired) electrons. The molecule has 2 rings (SSSR count). The molecule has 0 spiro atoms. The van der Waals surface area contributed by atoms with E-state index in [0.717, 1.165) is 0 Å². The first-order chi connectivity index (χ1) is 14.6. The average molecular weight is 429 g/mol. The van der Waals surface area contributed by atoms with Crippen LogP contribution in [0.25, 0.3) is 11.1 Å². The van der Waals surface area contributed by atoms with Gasteiger partial charge in [0.15, 0.2) is 5.78 Å². The van der Waals surface area contributed by atoms with Gasteiger partial charge >= 0.3 is 7.12 Å². The Balaban J connectivity index is 2.11. The zero-order valence-corrected chi connectivity index (χ0v) is 18.0. The van der Waals surface area contributed by atoms with Crippen LogP contribution in [0.5, 0.6) is 0 Å². The number of nitrogens with one attached hydrogen (secondary N) is 1. The van der Waals surface area contributed by atoms with Crippen LogP contribution in [-0.4, -0.2) is 46.0 Å². The fourth-order valence-corrected chi connectivity index (χ4v) is 3.38. The molecular formula is C23H29BFNO5. The Morgan fingerprint density at radius 1 is 1.03 bits per heavy atom. The van der Waals surface area contributed by atoms with Gasteiger partial charge in [-0.2, -0.15) is 0 Å². The molecule has 0 bridgehead atoms. The molecule has 0 fully saturated rings. The molecule has 0 aliphatic rings. The predicted molar refractivity (Wildman–Crippen MR) is 118 cm³/mol. The maximum atomic E-state index is 13.9. The minimum absolute atomic E-state index is 0.103. The number of ketones is 1. The van der Waals surface area contributed by atoms with Crippen LogP contribution in [0.15, 0.2) is 48.5 Å². The van der Waals surface area contributed by atoms with Gasteiger partial charge in [0.2, 0.25) is 5.91 Å². The second-order valence-corrected chi connectivity index (χ2v) is 8.19. The third-order valence-electron chi connectivity index (χ3n) is 5.13. The van der Waals surface area contributed by atoms with E-state index in [0.29, 0.717) is 23.1 Å². The van der Waals surface area contributed by atoms with Crippen LogP contribution in [-0.2, 0) is 4.79 Å². The van der Waals surface area contributed by atoms with E-state index in [-0.39, 0.29) is 23.9 Å². The van der Waals surface area contributed by atoms with Crippen molar-refractivity contribution >= 4 is 18.8 Å². The highest BCUT2D eigenvalue weighted by Gasteiger charge is 2.32. The van der Waals surface area contributed by atoms with Crippen molar-refractivity contribution in [1.82, 2.24) is 5.32 Å². The summed E-state index contributed by atoms with van der Waals surface area (Å²) in [5.74, 6) is -3.19. The van der Waals surface area contributed by atoms with E-state index in [1.54, 1.807) is 42.5 Å².